The predicted octanol–water partition coefficient (Wildman–Crippen LogP) is 4.39. The van der Waals surface area contributed by atoms with Crippen molar-refractivity contribution in [3.8, 4) is 5.75 Å². The smallest absolute Gasteiger partial charge is 0.122 e. The van der Waals surface area contributed by atoms with Crippen molar-refractivity contribution < 1.29 is 9.84 Å². The fourth-order valence-electron chi connectivity index (χ4n) is 3.31. The Kier molecular flexibility index (Phi) is 5.62. The zero-order valence-electron chi connectivity index (χ0n) is 16.1. The van der Waals surface area contributed by atoms with Gasteiger partial charge in [0.25, 0.3) is 0 Å². The lowest BCUT2D eigenvalue weighted by molar-refractivity contribution is 0.282. The number of aliphatic hydroxyl groups excluding tert-OH is 1. The summed E-state index contributed by atoms with van der Waals surface area (Å²) in [5, 5.41) is 9.39. The van der Waals surface area contributed by atoms with E-state index in [9.17, 15) is 5.11 Å². The lowest BCUT2D eigenvalue weighted by Gasteiger charge is -2.15. The van der Waals surface area contributed by atoms with Gasteiger partial charge in [0.05, 0.1) is 24.2 Å². The number of ether oxygens (including phenoxy) is 1. The van der Waals surface area contributed by atoms with E-state index in [1.54, 1.807) is 0 Å². The molecule has 0 fully saturated rings. The average Bonchev–Trinajstić information content (AvgIpc) is 2.93. The maximum atomic E-state index is 9.39. The van der Waals surface area contributed by atoms with Crippen LogP contribution in [0.2, 0.25) is 0 Å². The standard InChI is InChI=1S/C22H28N2O2/c1-15(2)18-7-5-6-8-21(18)26-12-10-24-20-14-17(4)16(3)13-19(20)23-22(24)9-11-25/h5-8,13-15,25H,9-12H2,1-4H3. The highest BCUT2D eigenvalue weighted by Gasteiger charge is 2.13. The van der Waals surface area contributed by atoms with Gasteiger partial charge in [0.1, 0.15) is 18.2 Å². The van der Waals surface area contributed by atoms with Gasteiger partial charge in [-0.1, -0.05) is 32.0 Å². The first-order valence-electron chi connectivity index (χ1n) is 9.30. The molecule has 4 nitrogen and oxygen atoms in total. The summed E-state index contributed by atoms with van der Waals surface area (Å²) in [5.74, 6) is 2.28. The minimum Gasteiger partial charge on any atom is -0.491 e. The fraction of sp³-hybridized carbons (Fsp3) is 0.409. The molecule has 0 unspecified atom stereocenters. The number of fused-ring (bicyclic) bond motifs is 1. The van der Waals surface area contributed by atoms with Gasteiger partial charge in [0, 0.05) is 6.42 Å². The molecule has 0 saturated carbocycles. The van der Waals surface area contributed by atoms with E-state index < -0.39 is 0 Å². The number of nitrogens with zero attached hydrogens (tertiary/aromatic N) is 2. The van der Waals surface area contributed by atoms with Crippen LogP contribution in [0.5, 0.6) is 5.75 Å². The minimum absolute atomic E-state index is 0.0956. The van der Waals surface area contributed by atoms with E-state index in [0.29, 0.717) is 25.5 Å². The second-order valence-electron chi connectivity index (χ2n) is 7.12. The summed E-state index contributed by atoms with van der Waals surface area (Å²) in [5.41, 5.74) is 5.81. The first-order chi connectivity index (χ1) is 12.5. The summed E-state index contributed by atoms with van der Waals surface area (Å²) < 4.78 is 8.27. The number of hydrogen-bond acceptors (Lipinski definition) is 3. The molecule has 0 amide bonds. The quantitative estimate of drug-likeness (QED) is 0.686. The summed E-state index contributed by atoms with van der Waals surface area (Å²) >= 11 is 0. The van der Waals surface area contributed by atoms with E-state index in [1.165, 1.54) is 16.7 Å². The normalized spacial score (nSPS) is 11.5. The number of benzene rings is 2. The third-order valence-corrected chi connectivity index (χ3v) is 4.89. The Labute approximate surface area is 155 Å². The number of hydrogen-bond donors (Lipinski definition) is 1. The Morgan fingerprint density at radius 3 is 2.58 bits per heavy atom. The summed E-state index contributed by atoms with van der Waals surface area (Å²) in [6.45, 7) is 9.95. The van der Waals surface area contributed by atoms with Crippen molar-refractivity contribution in [2.24, 2.45) is 0 Å². The summed E-state index contributed by atoms with van der Waals surface area (Å²) in [7, 11) is 0. The van der Waals surface area contributed by atoms with Crippen LogP contribution in [0.3, 0.4) is 0 Å². The van der Waals surface area contributed by atoms with E-state index >= 15 is 0 Å². The van der Waals surface area contributed by atoms with Gasteiger partial charge in [-0.2, -0.15) is 0 Å². The molecule has 138 valence electrons. The highest BCUT2D eigenvalue weighted by molar-refractivity contribution is 5.78. The van der Waals surface area contributed by atoms with Gasteiger partial charge in [-0.05, 0) is 54.7 Å². The molecule has 0 aliphatic rings. The molecule has 4 heteroatoms. The van der Waals surface area contributed by atoms with Crippen LogP contribution in [0.4, 0.5) is 0 Å². The molecule has 0 saturated heterocycles. The van der Waals surface area contributed by atoms with Crippen molar-refractivity contribution in [2.45, 2.75) is 46.6 Å². The van der Waals surface area contributed by atoms with Crippen LogP contribution >= 0.6 is 0 Å². The van der Waals surface area contributed by atoms with Gasteiger partial charge in [-0.25, -0.2) is 4.98 Å². The van der Waals surface area contributed by atoms with E-state index in [2.05, 4.69) is 56.5 Å². The number of aryl methyl sites for hydroxylation is 2. The SMILES string of the molecule is Cc1cc2nc(CCO)n(CCOc3ccccc3C(C)C)c2cc1C. The zero-order chi connectivity index (χ0) is 18.7. The molecule has 0 bridgehead atoms. The lowest BCUT2D eigenvalue weighted by Crippen LogP contribution is -2.13. The van der Waals surface area contributed by atoms with Crippen molar-refractivity contribution in [3.05, 3.63) is 58.9 Å². The van der Waals surface area contributed by atoms with Crippen molar-refractivity contribution in [1.29, 1.82) is 0 Å². The highest BCUT2D eigenvalue weighted by Crippen LogP contribution is 2.26. The van der Waals surface area contributed by atoms with Gasteiger partial charge in [0.15, 0.2) is 0 Å². The summed E-state index contributed by atoms with van der Waals surface area (Å²) in [4.78, 5) is 4.72. The molecule has 0 spiro atoms. The second-order valence-corrected chi connectivity index (χ2v) is 7.12. The topological polar surface area (TPSA) is 47.3 Å². The largest absolute Gasteiger partial charge is 0.491 e. The molecular formula is C22H28N2O2. The van der Waals surface area contributed by atoms with Crippen molar-refractivity contribution in [2.75, 3.05) is 13.2 Å². The van der Waals surface area contributed by atoms with Crippen LogP contribution in [-0.4, -0.2) is 27.9 Å². The molecule has 0 aliphatic heterocycles. The van der Waals surface area contributed by atoms with Crippen LogP contribution in [0.1, 0.15) is 42.3 Å². The molecule has 1 heterocycles. The van der Waals surface area contributed by atoms with E-state index in [0.717, 1.165) is 22.6 Å². The van der Waals surface area contributed by atoms with Gasteiger partial charge in [-0.15, -0.1) is 0 Å². The molecule has 1 aromatic heterocycles. The number of aromatic nitrogens is 2. The van der Waals surface area contributed by atoms with Crippen molar-refractivity contribution >= 4 is 11.0 Å². The summed E-state index contributed by atoms with van der Waals surface area (Å²) in [6, 6.07) is 12.5. The molecule has 1 N–H and O–H groups in total. The Hall–Kier alpha value is -2.33. The van der Waals surface area contributed by atoms with Gasteiger partial charge in [-0.3, -0.25) is 0 Å². The first-order valence-corrected chi connectivity index (χ1v) is 9.30. The monoisotopic (exact) mass is 352 g/mol. The molecule has 26 heavy (non-hydrogen) atoms. The van der Waals surface area contributed by atoms with Crippen LogP contribution in [0.15, 0.2) is 36.4 Å². The molecule has 0 radical (unpaired) electrons. The Bertz CT molecular complexity index is 897. The highest BCUT2D eigenvalue weighted by atomic mass is 16.5. The Morgan fingerprint density at radius 1 is 1.12 bits per heavy atom. The van der Waals surface area contributed by atoms with E-state index in [4.69, 9.17) is 9.72 Å². The first kappa shape index (κ1) is 18.5. The van der Waals surface area contributed by atoms with Crippen molar-refractivity contribution in [3.63, 3.8) is 0 Å². The van der Waals surface area contributed by atoms with Gasteiger partial charge < -0.3 is 14.4 Å². The third kappa shape index (κ3) is 3.75. The second kappa shape index (κ2) is 7.92. The maximum absolute atomic E-state index is 9.39. The minimum atomic E-state index is 0.0956. The third-order valence-electron chi connectivity index (χ3n) is 4.89. The van der Waals surface area contributed by atoms with Gasteiger partial charge >= 0.3 is 0 Å². The van der Waals surface area contributed by atoms with Crippen LogP contribution < -0.4 is 4.74 Å². The molecule has 0 atom stereocenters. The molecular weight excluding hydrogens is 324 g/mol. The predicted molar refractivity (Wildman–Crippen MR) is 106 cm³/mol. The van der Waals surface area contributed by atoms with Crippen LogP contribution in [0.25, 0.3) is 11.0 Å². The van der Waals surface area contributed by atoms with Crippen LogP contribution in [0, 0.1) is 13.8 Å². The molecule has 3 aromatic rings. The van der Waals surface area contributed by atoms with E-state index in [-0.39, 0.29) is 6.61 Å². The van der Waals surface area contributed by atoms with Crippen molar-refractivity contribution in [1.82, 2.24) is 9.55 Å². The Morgan fingerprint density at radius 2 is 1.85 bits per heavy atom. The molecule has 0 aliphatic carbocycles. The number of rotatable bonds is 7. The number of aliphatic hydroxyl groups is 1. The van der Waals surface area contributed by atoms with Crippen LogP contribution in [-0.2, 0) is 13.0 Å². The number of para-hydroxylation sites is 1. The Balaban J connectivity index is 1.84. The van der Waals surface area contributed by atoms with Gasteiger partial charge in [0.2, 0.25) is 0 Å². The molecule has 3 rings (SSSR count). The molecule has 2 aromatic carbocycles. The lowest BCUT2D eigenvalue weighted by atomic mass is 10.0. The zero-order valence-corrected chi connectivity index (χ0v) is 16.1. The van der Waals surface area contributed by atoms with E-state index in [1.807, 2.05) is 12.1 Å². The fourth-order valence-corrected chi connectivity index (χ4v) is 3.31. The summed E-state index contributed by atoms with van der Waals surface area (Å²) in [6.07, 6.45) is 0.551. The maximum Gasteiger partial charge on any atom is 0.122 e. The average molecular weight is 352 g/mol. The number of imidazole rings is 1.